The second-order valence-corrected chi connectivity index (χ2v) is 15.9. The summed E-state index contributed by atoms with van der Waals surface area (Å²) in [4.78, 5) is 2.33. The van der Waals surface area contributed by atoms with Crippen molar-refractivity contribution < 1.29 is 4.74 Å². The summed E-state index contributed by atoms with van der Waals surface area (Å²) in [7, 11) is 0. The average Bonchev–Trinajstić information content (AvgIpc) is 3.76. The summed E-state index contributed by atoms with van der Waals surface area (Å²) in [6.45, 7) is 0. The minimum absolute atomic E-state index is 0.502. The lowest BCUT2D eigenvalue weighted by Gasteiger charge is -2.49. The van der Waals surface area contributed by atoms with E-state index in [2.05, 4.69) is 205 Å². The number of hydrogen-bond acceptors (Lipinski definition) is 2. The standard InChI is InChI=1S/C56H35NO/c1-5-22-43-39(18-1)40-19-2-6-23-44(40)55(43)47-26-9-10-27-48(47)56(45-24-7-3-20-41(45)42-21-4-8-25-46(42)56)50-35-37(32-33-49(50)55)36-16-15-17-38(34-36)57-51-28-11-13-30-53(51)58-54-31-14-12-29-52(54)57/h1-35H. The SMILES string of the molecule is c1cc(-c2ccc3c(c2)C2(c4ccccc4-c4ccccc42)c2ccccc2C32c3ccccc3-c3ccccc32)cc(N2c3ccccc3Oc3ccccc32)c1. The van der Waals surface area contributed by atoms with E-state index in [9.17, 15) is 0 Å². The number of para-hydroxylation sites is 4. The molecule has 2 nitrogen and oxygen atoms in total. The van der Waals surface area contributed by atoms with Gasteiger partial charge in [0, 0.05) is 5.69 Å². The third-order valence-electron chi connectivity index (χ3n) is 13.3. The van der Waals surface area contributed by atoms with E-state index < -0.39 is 10.8 Å². The second-order valence-electron chi connectivity index (χ2n) is 15.9. The highest BCUT2D eigenvalue weighted by Crippen LogP contribution is 2.67. The molecule has 0 unspecified atom stereocenters. The van der Waals surface area contributed by atoms with Gasteiger partial charge in [-0.1, -0.05) is 170 Å². The van der Waals surface area contributed by atoms with Gasteiger partial charge < -0.3 is 9.64 Å². The van der Waals surface area contributed by atoms with Crippen molar-refractivity contribution >= 4 is 17.1 Å². The number of fused-ring (bicyclic) bond motifs is 18. The Morgan fingerprint density at radius 2 is 0.690 bits per heavy atom. The number of nitrogens with zero attached hydrogens (tertiary/aromatic N) is 1. The zero-order chi connectivity index (χ0) is 38.0. The molecule has 0 saturated heterocycles. The maximum atomic E-state index is 6.40. The molecule has 270 valence electrons. The van der Waals surface area contributed by atoms with Crippen molar-refractivity contribution in [2.45, 2.75) is 10.8 Å². The highest BCUT2D eigenvalue weighted by Gasteiger charge is 2.58. The Kier molecular flexibility index (Phi) is 6.33. The average molecular weight is 738 g/mol. The maximum Gasteiger partial charge on any atom is 0.151 e. The van der Waals surface area contributed by atoms with Gasteiger partial charge in [0.25, 0.3) is 0 Å². The summed E-state index contributed by atoms with van der Waals surface area (Å²) in [5.74, 6) is 1.70. The van der Waals surface area contributed by atoms with Crippen molar-refractivity contribution in [3.05, 3.63) is 257 Å². The summed E-state index contributed by atoms with van der Waals surface area (Å²) < 4.78 is 6.40. The van der Waals surface area contributed by atoms with Crippen molar-refractivity contribution in [1.82, 2.24) is 0 Å². The van der Waals surface area contributed by atoms with E-state index in [0.29, 0.717) is 0 Å². The lowest BCUT2D eigenvalue weighted by molar-refractivity contribution is 0.477. The van der Waals surface area contributed by atoms with Crippen LogP contribution < -0.4 is 9.64 Å². The largest absolute Gasteiger partial charge is 0.453 e. The Labute approximate surface area is 337 Å². The number of benzene rings is 9. The molecule has 1 aliphatic heterocycles. The molecule has 0 bridgehead atoms. The Morgan fingerprint density at radius 1 is 0.293 bits per heavy atom. The summed E-state index contributed by atoms with van der Waals surface area (Å²) in [6.07, 6.45) is 0. The third-order valence-corrected chi connectivity index (χ3v) is 13.3. The molecule has 0 amide bonds. The molecule has 0 fully saturated rings. The molecule has 0 saturated carbocycles. The van der Waals surface area contributed by atoms with Crippen LogP contribution in [0.3, 0.4) is 0 Å². The van der Waals surface area contributed by atoms with Crippen LogP contribution >= 0.6 is 0 Å². The van der Waals surface area contributed by atoms with Gasteiger partial charge in [0.2, 0.25) is 0 Å². The fourth-order valence-electron chi connectivity index (χ4n) is 11.2. The predicted molar refractivity (Wildman–Crippen MR) is 235 cm³/mol. The molecule has 0 aromatic heterocycles. The van der Waals surface area contributed by atoms with Crippen LogP contribution in [0, 0.1) is 0 Å². The van der Waals surface area contributed by atoms with E-state index in [4.69, 9.17) is 4.74 Å². The first-order valence-electron chi connectivity index (χ1n) is 20.2. The fourth-order valence-corrected chi connectivity index (χ4v) is 11.2. The molecule has 9 aromatic carbocycles. The zero-order valence-electron chi connectivity index (χ0n) is 31.6. The van der Waals surface area contributed by atoms with Crippen molar-refractivity contribution in [2.75, 3.05) is 4.90 Å². The lowest BCUT2D eigenvalue weighted by atomic mass is 9.52. The van der Waals surface area contributed by atoms with E-state index in [-0.39, 0.29) is 0 Å². The molecule has 13 rings (SSSR count). The monoisotopic (exact) mass is 737 g/mol. The van der Waals surface area contributed by atoms with E-state index >= 15 is 0 Å². The van der Waals surface area contributed by atoms with Crippen LogP contribution in [0.25, 0.3) is 33.4 Å². The van der Waals surface area contributed by atoms with Gasteiger partial charge in [-0.05, 0) is 120 Å². The quantitative estimate of drug-likeness (QED) is 0.175. The fraction of sp³-hybridized carbons (Fsp3) is 0.0357. The summed E-state index contributed by atoms with van der Waals surface area (Å²) in [6, 6.07) is 78.8. The highest BCUT2D eigenvalue weighted by molar-refractivity contribution is 5.95. The molecule has 0 N–H and O–H groups in total. The second kappa shape index (κ2) is 11.6. The van der Waals surface area contributed by atoms with Crippen LogP contribution in [0.2, 0.25) is 0 Å². The molecule has 0 radical (unpaired) electrons. The van der Waals surface area contributed by atoms with Crippen molar-refractivity contribution in [3.8, 4) is 44.9 Å². The van der Waals surface area contributed by atoms with Crippen LogP contribution in [0.15, 0.2) is 212 Å². The van der Waals surface area contributed by atoms with E-state index in [1.54, 1.807) is 0 Å². The van der Waals surface area contributed by atoms with Crippen LogP contribution in [0.1, 0.15) is 44.5 Å². The number of hydrogen-bond donors (Lipinski definition) is 0. The third kappa shape index (κ3) is 3.87. The molecule has 2 heteroatoms. The summed E-state index contributed by atoms with van der Waals surface area (Å²) in [5, 5.41) is 0. The molecule has 4 aliphatic rings. The number of ether oxygens (including phenoxy) is 1. The Hall–Kier alpha value is -7.42. The Bertz CT molecular complexity index is 3050. The van der Waals surface area contributed by atoms with E-state index in [0.717, 1.165) is 34.1 Å². The Balaban J connectivity index is 1.12. The van der Waals surface area contributed by atoms with Crippen LogP contribution in [-0.4, -0.2) is 0 Å². The van der Waals surface area contributed by atoms with Gasteiger partial charge in [-0.2, -0.15) is 0 Å². The summed E-state index contributed by atoms with van der Waals surface area (Å²) >= 11 is 0. The Morgan fingerprint density at radius 3 is 1.21 bits per heavy atom. The van der Waals surface area contributed by atoms with E-state index in [1.807, 2.05) is 12.1 Å². The number of anilines is 3. The smallest absolute Gasteiger partial charge is 0.151 e. The minimum atomic E-state index is -0.535. The van der Waals surface area contributed by atoms with Gasteiger partial charge >= 0.3 is 0 Å². The van der Waals surface area contributed by atoms with Crippen molar-refractivity contribution in [2.24, 2.45) is 0 Å². The molecule has 2 spiro atoms. The van der Waals surface area contributed by atoms with Gasteiger partial charge in [-0.3, -0.25) is 0 Å². The molecule has 0 atom stereocenters. The van der Waals surface area contributed by atoms with Crippen LogP contribution in [-0.2, 0) is 10.8 Å². The van der Waals surface area contributed by atoms with Crippen LogP contribution in [0.4, 0.5) is 17.1 Å². The highest BCUT2D eigenvalue weighted by atomic mass is 16.5. The maximum absolute atomic E-state index is 6.40. The topological polar surface area (TPSA) is 12.5 Å². The molecule has 9 aromatic rings. The van der Waals surface area contributed by atoms with Gasteiger partial charge in [0.15, 0.2) is 11.5 Å². The zero-order valence-corrected chi connectivity index (χ0v) is 31.6. The number of rotatable bonds is 2. The van der Waals surface area contributed by atoms with Crippen molar-refractivity contribution in [3.63, 3.8) is 0 Å². The van der Waals surface area contributed by atoms with Gasteiger partial charge in [0.05, 0.1) is 22.2 Å². The molecule has 3 aliphatic carbocycles. The van der Waals surface area contributed by atoms with E-state index in [1.165, 1.54) is 72.3 Å². The van der Waals surface area contributed by atoms with Crippen LogP contribution in [0.5, 0.6) is 11.5 Å². The first-order chi connectivity index (χ1) is 28.8. The first-order valence-corrected chi connectivity index (χ1v) is 20.2. The van der Waals surface area contributed by atoms with Gasteiger partial charge in [0.1, 0.15) is 0 Å². The lowest BCUT2D eigenvalue weighted by Crippen LogP contribution is -2.43. The molecular formula is C56H35NO. The minimum Gasteiger partial charge on any atom is -0.453 e. The molecular weight excluding hydrogens is 703 g/mol. The normalized spacial score (nSPS) is 14.9. The molecule has 1 heterocycles. The van der Waals surface area contributed by atoms with Gasteiger partial charge in [-0.25, -0.2) is 0 Å². The first kappa shape index (κ1) is 31.7. The van der Waals surface area contributed by atoms with Gasteiger partial charge in [-0.15, -0.1) is 0 Å². The predicted octanol–water partition coefficient (Wildman–Crippen LogP) is 14.0. The van der Waals surface area contributed by atoms with Crippen molar-refractivity contribution in [1.29, 1.82) is 0 Å². The summed E-state index contributed by atoms with van der Waals surface area (Å²) in [5.41, 5.74) is 20.4. The molecule has 58 heavy (non-hydrogen) atoms.